The number of piperazine rings is 1. The largest absolute Gasteiger partial charge is 0.389 e. The van der Waals surface area contributed by atoms with Gasteiger partial charge in [-0.1, -0.05) is 30.7 Å². The molecule has 0 saturated carbocycles. The van der Waals surface area contributed by atoms with Gasteiger partial charge < -0.3 is 14.7 Å². The number of hydrogen-bond donors (Lipinski definition) is 1. The average Bonchev–Trinajstić information content (AvgIpc) is 2.75. The van der Waals surface area contributed by atoms with Crippen molar-refractivity contribution in [1.29, 1.82) is 0 Å². The molecule has 0 amide bonds. The molecule has 1 aromatic carbocycles. The highest BCUT2D eigenvalue weighted by molar-refractivity contribution is 6.30. The van der Waals surface area contributed by atoms with E-state index in [-0.39, 0.29) is 5.60 Å². The molecular weight excluding hydrogens is 424 g/mol. The second kappa shape index (κ2) is 10.9. The Balaban J connectivity index is 1.69. The van der Waals surface area contributed by atoms with Crippen LogP contribution < -0.4 is 4.90 Å². The molecular formula is C25H37ClN4O2. The molecule has 1 unspecified atom stereocenters. The lowest BCUT2D eigenvalue weighted by atomic mass is 10.0. The van der Waals surface area contributed by atoms with Crippen molar-refractivity contribution in [2.24, 2.45) is 0 Å². The maximum absolute atomic E-state index is 10.4. The van der Waals surface area contributed by atoms with Crippen LogP contribution in [0.4, 0.5) is 5.82 Å². The number of aliphatic hydroxyl groups is 1. The van der Waals surface area contributed by atoms with Crippen LogP contribution in [0.3, 0.4) is 0 Å². The molecule has 6 nitrogen and oxygen atoms in total. The average molecular weight is 461 g/mol. The highest BCUT2D eigenvalue weighted by Gasteiger charge is 2.24. The van der Waals surface area contributed by atoms with Crippen LogP contribution in [0.15, 0.2) is 24.3 Å². The Morgan fingerprint density at radius 3 is 2.34 bits per heavy atom. The molecule has 3 rings (SSSR count). The molecule has 1 aliphatic heterocycles. The predicted octanol–water partition coefficient (Wildman–Crippen LogP) is 3.89. The minimum absolute atomic E-state index is 0.234. The van der Waals surface area contributed by atoms with Gasteiger partial charge in [0.2, 0.25) is 0 Å². The van der Waals surface area contributed by atoms with Gasteiger partial charge >= 0.3 is 0 Å². The molecule has 2 heterocycles. The number of benzene rings is 1. The van der Waals surface area contributed by atoms with Gasteiger partial charge in [-0.25, -0.2) is 9.97 Å². The summed E-state index contributed by atoms with van der Waals surface area (Å²) in [5, 5.41) is 11.1. The van der Waals surface area contributed by atoms with Crippen molar-refractivity contribution >= 4 is 17.4 Å². The summed E-state index contributed by atoms with van der Waals surface area (Å²) < 4.78 is 5.73. The lowest BCUT2D eigenvalue weighted by molar-refractivity contribution is -0.0563. The van der Waals surface area contributed by atoms with Gasteiger partial charge in [0.15, 0.2) is 0 Å². The molecule has 1 aliphatic rings. The Labute approximate surface area is 197 Å². The van der Waals surface area contributed by atoms with Crippen LogP contribution in [0.25, 0.3) is 0 Å². The van der Waals surface area contributed by atoms with Crippen LogP contribution in [0.5, 0.6) is 0 Å². The fourth-order valence-electron chi connectivity index (χ4n) is 4.02. The summed E-state index contributed by atoms with van der Waals surface area (Å²) in [5.41, 5.74) is 3.28. The Bertz CT molecular complexity index is 875. The van der Waals surface area contributed by atoms with Gasteiger partial charge in [-0.15, -0.1) is 0 Å². The van der Waals surface area contributed by atoms with Gasteiger partial charge in [0.25, 0.3) is 0 Å². The van der Waals surface area contributed by atoms with Gasteiger partial charge in [-0.05, 0) is 51.8 Å². The smallest absolute Gasteiger partial charge is 0.136 e. The highest BCUT2D eigenvalue weighted by Crippen LogP contribution is 2.26. The topological polar surface area (TPSA) is 61.7 Å². The summed E-state index contributed by atoms with van der Waals surface area (Å²) in [7, 11) is 0. The molecule has 0 radical (unpaired) electrons. The maximum Gasteiger partial charge on any atom is 0.136 e. The molecule has 1 fully saturated rings. The standard InChI is InChI=1S/C25H37ClN4O2/c1-6-23-22(15-19-7-9-20(26)10-8-19)24(28-18(2)27-23)30-13-11-29(12-14-30)16-21(31)17-32-25(3,4)5/h7-10,21,31H,6,11-17H2,1-5H3. The zero-order valence-electron chi connectivity index (χ0n) is 20.1. The first kappa shape index (κ1) is 24.9. The van der Waals surface area contributed by atoms with Crippen molar-refractivity contribution in [3.63, 3.8) is 0 Å². The van der Waals surface area contributed by atoms with Crippen LogP contribution >= 0.6 is 11.6 Å². The Morgan fingerprint density at radius 2 is 1.75 bits per heavy atom. The zero-order valence-corrected chi connectivity index (χ0v) is 20.8. The lowest BCUT2D eigenvalue weighted by Gasteiger charge is -2.37. The number of aryl methyl sites for hydroxylation is 2. The van der Waals surface area contributed by atoms with E-state index in [9.17, 15) is 5.11 Å². The van der Waals surface area contributed by atoms with E-state index in [2.05, 4.69) is 28.9 Å². The number of nitrogens with zero attached hydrogens (tertiary/aromatic N) is 4. The number of β-amino-alcohol motifs (C(OH)–C–C–N with tert-alkyl or cyclic N) is 1. The first-order chi connectivity index (χ1) is 15.1. The molecule has 1 aromatic heterocycles. The van der Waals surface area contributed by atoms with Crippen molar-refractivity contribution in [3.8, 4) is 0 Å². The summed E-state index contributed by atoms with van der Waals surface area (Å²) in [6.45, 7) is 14.7. The first-order valence-electron chi connectivity index (χ1n) is 11.5. The number of aromatic nitrogens is 2. The van der Waals surface area contributed by atoms with E-state index in [1.54, 1.807) is 0 Å². The quantitative estimate of drug-likeness (QED) is 0.644. The van der Waals surface area contributed by atoms with Crippen LogP contribution in [0.2, 0.25) is 5.02 Å². The molecule has 1 N–H and O–H groups in total. The molecule has 1 saturated heterocycles. The molecule has 176 valence electrons. The predicted molar refractivity (Wildman–Crippen MR) is 131 cm³/mol. The normalized spacial score (nSPS) is 16.4. The van der Waals surface area contributed by atoms with E-state index in [1.165, 1.54) is 11.1 Å². The van der Waals surface area contributed by atoms with Crippen molar-refractivity contribution in [1.82, 2.24) is 14.9 Å². The lowest BCUT2D eigenvalue weighted by Crippen LogP contribution is -2.50. The minimum atomic E-state index is -0.478. The number of aliphatic hydroxyl groups excluding tert-OH is 1. The van der Waals surface area contributed by atoms with E-state index < -0.39 is 6.10 Å². The monoisotopic (exact) mass is 460 g/mol. The van der Waals surface area contributed by atoms with E-state index >= 15 is 0 Å². The SMILES string of the molecule is CCc1nc(C)nc(N2CCN(CC(O)COC(C)(C)C)CC2)c1Cc1ccc(Cl)cc1. The summed E-state index contributed by atoms with van der Waals surface area (Å²) >= 11 is 6.08. The second-order valence-corrected chi connectivity index (χ2v) is 9.98. The molecule has 0 aliphatic carbocycles. The third-order valence-electron chi connectivity index (χ3n) is 5.66. The third kappa shape index (κ3) is 7.14. The third-order valence-corrected chi connectivity index (χ3v) is 5.91. The molecule has 7 heteroatoms. The molecule has 32 heavy (non-hydrogen) atoms. The number of rotatable bonds is 8. The van der Waals surface area contributed by atoms with E-state index in [0.29, 0.717) is 13.2 Å². The van der Waals surface area contributed by atoms with Gasteiger partial charge in [0.05, 0.1) is 18.3 Å². The fourth-order valence-corrected chi connectivity index (χ4v) is 4.14. The number of hydrogen-bond acceptors (Lipinski definition) is 6. The van der Waals surface area contributed by atoms with E-state index in [1.807, 2.05) is 39.8 Å². The summed E-state index contributed by atoms with van der Waals surface area (Å²) in [4.78, 5) is 14.3. The van der Waals surface area contributed by atoms with E-state index in [4.69, 9.17) is 26.3 Å². The van der Waals surface area contributed by atoms with Crippen molar-refractivity contribution in [2.45, 2.75) is 59.2 Å². The van der Waals surface area contributed by atoms with Crippen LogP contribution in [0, 0.1) is 6.92 Å². The highest BCUT2D eigenvalue weighted by atomic mass is 35.5. The summed E-state index contributed by atoms with van der Waals surface area (Å²) in [6, 6.07) is 8.02. The maximum atomic E-state index is 10.4. The Morgan fingerprint density at radius 1 is 1.09 bits per heavy atom. The Hall–Kier alpha value is -1.73. The first-order valence-corrected chi connectivity index (χ1v) is 11.9. The van der Waals surface area contributed by atoms with E-state index in [0.717, 1.165) is 61.4 Å². The second-order valence-electron chi connectivity index (χ2n) is 9.54. The minimum Gasteiger partial charge on any atom is -0.389 e. The summed E-state index contributed by atoms with van der Waals surface area (Å²) in [5.74, 6) is 1.86. The fraction of sp³-hybridized carbons (Fsp3) is 0.600. The van der Waals surface area contributed by atoms with Crippen molar-refractivity contribution < 1.29 is 9.84 Å². The Kier molecular flexibility index (Phi) is 8.50. The number of ether oxygens (including phenoxy) is 1. The van der Waals surface area contributed by atoms with Crippen LogP contribution in [-0.2, 0) is 17.6 Å². The van der Waals surface area contributed by atoms with Gasteiger partial charge in [0.1, 0.15) is 11.6 Å². The van der Waals surface area contributed by atoms with Crippen molar-refractivity contribution in [2.75, 3.05) is 44.2 Å². The molecule has 2 aromatic rings. The van der Waals surface area contributed by atoms with Crippen molar-refractivity contribution in [3.05, 3.63) is 51.9 Å². The summed E-state index contributed by atoms with van der Waals surface area (Å²) in [6.07, 6.45) is 1.19. The number of halogens is 1. The van der Waals surface area contributed by atoms with Crippen LogP contribution in [0.1, 0.15) is 50.3 Å². The molecule has 0 spiro atoms. The van der Waals surface area contributed by atoms with Crippen LogP contribution in [-0.4, -0.2) is 71.0 Å². The molecule has 0 bridgehead atoms. The molecule has 1 atom stereocenters. The van der Waals surface area contributed by atoms with Gasteiger partial charge in [-0.2, -0.15) is 0 Å². The zero-order chi connectivity index (χ0) is 23.3. The van der Waals surface area contributed by atoms with Gasteiger partial charge in [-0.3, -0.25) is 4.90 Å². The number of anilines is 1. The van der Waals surface area contributed by atoms with Gasteiger partial charge in [0, 0.05) is 55.4 Å².